The molecule has 0 amide bonds. The highest BCUT2D eigenvalue weighted by molar-refractivity contribution is 9.10. The minimum Gasteiger partial charge on any atom is -0.468 e. The first-order valence-electron chi connectivity index (χ1n) is 7.01. The molecule has 9 heteroatoms. The molecular weight excluding hydrogens is 420 g/mol. The monoisotopic (exact) mass is 433 g/mol. The predicted octanol–water partition coefficient (Wildman–Crippen LogP) is 3.09. The molecule has 0 radical (unpaired) electrons. The van der Waals surface area contributed by atoms with E-state index in [1.54, 1.807) is 30.3 Å². The van der Waals surface area contributed by atoms with E-state index in [-0.39, 0.29) is 11.0 Å². The zero-order valence-electron chi connectivity index (χ0n) is 13.1. The molecule has 5 nitrogen and oxygen atoms in total. The molecule has 0 heterocycles. The first-order valence-corrected chi connectivity index (χ1v) is 9.24. The number of benzene rings is 2. The highest BCUT2D eigenvalue weighted by Gasteiger charge is 2.32. The number of ether oxygens (including phenoxy) is 1. The summed E-state index contributed by atoms with van der Waals surface area (Å²) < 4.78 is 58.1. The highest BCUT2D eigenvalue weighted by atomic mass is 79.9. The van der Waals surface area contributed by atoms with E-state index in [1.165, 1.54) is 0 Å². The lowest BCUT2D eigenvalue weighted by atomic mass is 10.2. The van der Waals surface area contributed by atoms with E-state index in [1.807, 2.05) is 0 Å². The van der Waals surface area contributed by atoms with Crippen molar-refractivity contribution in [1.29, 1.82) is 0 Å². The van der Waals surface area contributed by atoms with Crippen LogP contribution in [-0.4, -0.2) is 32.3 Å². The number of hydrogen-bond donors (Lipinski definition) is 0. The fourth-order valence-corrected chi connectivity index (χ4v) is 4.61. The van der Waals surface area contributed by atoms with Crippen molar-refractivity contribution in [3.63, 3.8) is 0 Å². The Labute approximate surface area is 152 Å². The third kappa shape index (κ3) is 4.62. The molecule has 0 aliphatic carbocycles. The van der Waals surface area contributed by atoms with Gasteiger partial charge in [0.05, 0.1) is 7.11 Å². The first-order chi connectivity index (χ1) is 11.8. The molecule has 0 atom stereocenters. The van der Waals surface area contributed by atoms with E-state index >= 15 is 0 Å². The lowest BCUT2D eigenvalue weighted by Crippen LogP contribution is -2.36. The van der Waals surface area contributed by atoms with Crippen LogP contribution in [0.2, 0.25) is 0 Å². The molecule has 0 N–H and O–H groups in total. The Morgan fingerprint density at radius 3 is 2.40 bits per heavy atom. The van der Waals surface area contributed by atoms with Crippen LogP contribution in [0.4, 0.5) is 8.78 Å². The summed E-state index contributed by atoms with van der Waals surface area (Å²) in [7, 11) is -3.32. The van der Waals surface area contributed by atoms with E-state index in [0.717, 1.165) is 17.5 Å². The molecule has 2 rings (SSSR count). The van der Waals surface area contributed by atoms with Crippen LogP contribution in [0.5, 0.6) is 0 Å². The van der Waals surface area contributed by atoms with Crippen molar-refractivity contribution in [3.05, 3.63) is 64.1 Å². The van der Waals surface area contributed by atoms with Crippen LogP contribution in [-0.2, 0) is 26.1 Å². The Kier molecular flexibility index (Phi) is 6.26. The summed E-state index contributed by atoms with van der Waals surface area (Å²) in [4.78, 5) is 10.9. The van der Waals surface area contributed by atoms with Crippen molar-refractivity contribution in [3.8, 4) is 0 Å². The van der Waals surface area contributed by atoms with Gasteiger partial charge in [0.1, 0.15) is 23.1 Å². The topological polar surface area (TPSA) is 63.7 Å². The van der Waals surface area contributed by atoms with Crippen LogP contribution in [0.15, 0.2) is 51.8 Å². The summed E-state index contributed by atoms with van der Waals surface area (Å²) in [6.45, 7) is -0.793. The normalized spacial score (nSPS) is 11.6. The molecule has 0 saturated heterocycles. The van der Waals surface area contributed by atoms with Gasteiger partial charge in [-0.1, -0.05) is 30.3 Å². The van der Waals surface area contributed by atoms with Gasteiger partial charge in [0.2, 0.25) is 10.0 Å². The van der Waals surface area contributed by atoms with Gasteiger partial charge in [0.25, 0.3) is 0 Å². The van der Waals surface area contributed by atoms with Gasteiger partial charge in [-0.3, -0.25) is 4.79 Å². The Balaban J connectivity index is 2.50. The second-order valence-corrected chi connectivity index (χ2v) is 7.76. The lowest BCUT2D eigenvalue weighted by molar-refractivity contribution is -0.140. The van der Waals surface area contributed by atoms with Gasteiger partial charge in [-0.2, -0.15) is 4.31 Å². The van der Waals surface area contributed by atoms with Gasteiger partial charge >= 0.3 is 5.97 Å². The summed E-state index contributed by atoms with van der Waals surface area (Å²) in [5, 5.41) is 0. The molecule has 0 aliphatic rings. The summed E-state index contributed by atoms with van der Waals surface area (Å²) in [6.07, 6.45) is 0. The molecule has 2 aromatic carbocycles. The zero-order valence-corrected chi connectivity index (χ0v) is 15.5. The maximum Gasteiger partial charge on any atom is 0.321 e. The van der Waals surface area contributed by atoms with Crippen LogP contribution in [0.3, 0.4) is 0 Å². The quantitative estimate of drug-likeness (QED) is 0.656. The standard InChI is InChI=1S/C16H14BrF2NO4S/c1-24-15(21)10-20(9-11-5-3-2-4-6-11)25(22,23)16-13(17)7-12(18)8-14(16)19/h2-8H,9-10H2,1H3. The van der Waals surface area contributed by atoms with E-state index in [0.29, 0.717) is 11.6 Å². The second kappa shape index (κ2) is 8.03. The fraction of sp³-hybridized carbons (Fsp3) is 0.188. The number of esters is 1. The number of halogens is 3. The van der Waals surface area contributed by atoms with Crippen LogP contribution in [0, 0.1) is 11.6 Å². The molecule has 0 fully saturated rings. The van der Waals surface area contributed by atoms with Crippen molar-refractivity contribution in [2.75, 3.05) is 13.7 Å². The number of nitrogens with zero attached hydrogens (tertiary/aromatic N) is 1. The van der Waals surface area contributed by atoms with Gasteiger partial charge < -0.3 is 4.74 Å². The SMILES string of the molecule is COC(=O)CN(Cc1ccccc1)S(=O)(=O)c1c(F)cc(F)cc1Br. The fourth-order valence-electron chi connectivity index (χ4n) is 2.13. The number of sulfonamides is 1. The number of rotatable bonds is 6. The average Bonchev–Trinajstić information content (AvgIpc) is 2.53. The summed E-state index contributed by atoms with van der Waals surface area (Å²) >= 11 is 2.87. The lowest BCUT2D eigenvalue weighted by Gasteiger charge is -2.22. The molecule has 0 aromatic heterocycles. The molecule has 25 heavy (non-hydrogen) atoms. The molecule has 0 spiro atoms. The first kappa shape index (κ1) is 19.5. The van der Waals surface area contributed by atoms with Gasteiger partial charge in [-0.25, -0.2) is 17.2 Å². The van der Waals surface area contributed by atoms with Crippen LogP contribution < -0.4 is 0 Å². The maximum absolute atomic E-state index is 14.1. The molecule has 0 unspecified atom stereocenters. The molecule has 134 valence electrons. The predicted molar refractivity (Wildman–Crippen MR) is 90.1 cm³/mol. The van der Waals surface area contributed by atoms with Crippen molar-refractivity contribution < 1.29 is 26.7 Å². The van der Waals surface area contributed by atoms with Crippen molar-refractivity contribution in [2.45, 2.75) is 11.4 Å². The molecule has 2 aromatic rings. The van der Waals surface area contributed by atoms with E-state index in [2.05, 4.69) is 20.7 Å². The third-order valence-electron chi connectivity index (χ3n) is 3.30. The second-order valence-electron chi connectivity index (χ2n) is 5.03. The Morgan fingerprint density at radius 1 is 1.20 bits per heavy atom. The summed E-state index contributed by atoms with van der Waals surface area (Å²) in [5.41, 5.74) is 0.591. The van der Waals surface area contributed by atoms with Gasteiger partial charge in [-0.15, -0.1) is 0 Å². The van der Waals surface area contributed by atoms with Gasteiger partial charge in [-0.05, 0) is 27.6 Å². The third-order valence-corrected chi connectivity index (χ3v) is 6.05. The smallest absolute Gasteiger partial charge is 0.321 e. The Bertz CT molecular complexity index is 852. The highest BCUT2D eigenvalue weighted by Crippen LogP contribution is 2.29. The molecular formula is C16H14BrF2NO4S. The Hall–Kier alpha value is -1.84. The van der Waals surface area contributed by atoms with Crippen molar-refractivity contribution >= 4 is 31.9 Å². The number of hydrogen-bond acceptors (Lipinski definition) is 4. The maximum atomic E-state index is 14.1. The molecule has 0 bridgehead atoms. The largest absolute Gasteiger partial charge is 0.468 e. The van der Waals surface area contributed by atoms with Crippen LogP contribution in [0.25, 0.3) is 0 Å². The summed E-state index contributed by atoms with van der Waals surface area (Å²) in [6, 6.07) is 9.79. The average molecular weight is 434 g/mol. The molecule has 0 aliphatic heterocycles. The minimum absolute atomic E-state index is 0.179. The van der Waals surface area contributed by atoms with Crippen molar-refractivity contribution in [1.82, 2.24) is 4.31 Å². The van der Waals surface area contributed by atoms with E-state index < -0.39 is 39.1 Å². The number of carbonyl (C=O) groups excluding carboxylic acids is 1. The van der Waals surface area contributed by atoms with Gasteiger partial charge in [0.15, 0.2) is 0 Å². The molecule has 0 saturated carbocycles. The van der Waals surface area contributed by atoms with Crippen molar-refractivity contribution in [2.24, 2.45) is 0 Å². The van der Waals surface area contributed by atoms with Gasteiger partial charge in [0, 0.05) is 17.1 Å². The zero-order chi connectivity index (χ0) is 18.6. The number of methoxy groups -OCH3 is 1. The van der Waals surface area contributed by atoms with E-state index in [4.69, 9.17) is 0 Å². The minimum atomic E-state index is -4.44. The number of carbonyl (C=O) groups is 1. The van der Waals surface area contributed by atoms with Crippen LogP contribution in [0.1, 0.15) is 5.56 Å². The Morgan fingerprint density at radius 2 is 1.84 bits per heavy atom. The summed E-state index contributed by atoms with van der Waals surface area (Å²) in [5.74, 6) is -2.99. The van der Waals surface area contributed by atoms with Crippen LogP contribution >= 0.6 is 15.9 Å². The van der Waals surface area contributed by atoms with E-state index in [9.17, 15) is 22.0 Å².